The number of halogens is 5. The topological polar surface area (TPSA) is 72.9 Å². The van der Waals surface area contributed by atoms with Gasteiger partial charge in [-0.1, -0.05) is 37.9 Å². The minimum absolute atomic E-state index is 0.00815. The molecule has 0 spiro atoms. The van der Waals surface area contributed by atoms with Gasteiger partial charge in [-0.3, -0.25) is 14.5 Å². The van der Waals surface area contributed by atoms with Crippen molar-refractivity contribution in [2.24, 2.45) is 11.3 Å². The molecule has 11 heteroatoms. The second-order valence-electron chi connectivity index (χ2n) is 10.5. The molecule has 6 nitrogen and oxygen atoms in total. The van der Waals surface area contributed by atoms with Crippen LogP contribution in [-0.4, -0.2) is 71.7 Å². The van der Waals surface area contributed by atoms with Gasteiger partial charge in [-0.15, -0.1) is 0 Å². The fourth-order valence-corrected chi connectivity index (χ4v) is 5.89. The van der Waals surface area contributed by atoms with E-state index >= 15 is 0 Å². The summed E-state index contributed by atoms with van der Waals surface area (Å²) in [7, 11) is 0. The molecule has 0 aliphatic carbocycles. The van der Waals surface area contributed by atoms with Crippen LogP contribution in [0.1, 0.15) is 57.1 Å². The number of amides is 1. The van der Waals surface area contributed by atoms with E-state index in [9.17, 15) is 32.3 Å². The lowest BCUT2D eigenvalue weighted by Crippen LogP contribution is -2.53. The Morgan fingerprint density at radius 1 is 1.24 bits per heavy atom. The molecule has 37 heavy (non-hydrogen) atoms. The molecule has 3 rings (SSSR count). The monoisotopic (exact) mass is 549 g/mol. The van der Waals surface area contributed by atoms with Gasteiger partial charge in [0.2, 0.25) is 5.91 Å². The molecule has 0 aromatic heterocycles. The third kappa shape index (κ3) is 7.35. The summed E-state index contributed by atoms with van der Waals surface area (Å²) in [4.78, 5) is 29.1. The molecule has 0 bridgehead atoms. The van der Waals surface area contributed by atoms with Crippen molar-refractivity contribution in [3.63, 3.8) is 0 Å². The molecule has 2 heterocycles. The summed E-state index contributed by atoms with van der Waals surface area (Å²) in [6, 6.07) is 3.44. The Labute approximate surface area is 220 Å². The van der Waals surface area contributed by atoms with Crippen LogP contribution in [0.4, 0.5) is 17.6 Å². The lowest BCUT2D eigenvalue weighted by Gasteiger charge is -2.36. The highest BCUT2D eigenvalue weighted by molar-refractivity contribution is 6.31. The maximum absolute atomic E-state index is 14.0. The zero-order valence-electron chi connectivity index (χ0n) is 21.3. The van der Waals surface area contributed by atoms with Gasteiger partial charge in [0.05, 0.1) is 17.4 Å². The number of carboxylic acids is 1. The number of nitrogens with one attached hydrogen (secondary N) is 1. The van der Waals surface area contributed by atoms with Gasteiger partial charge in [0.1, 0.15) is 6.17 Å². The van der Waals surface area contributed by atoms with Crippen LogP contribution in [0.5, 0.6) is 0 Å². The summed E-state index contributed by atoms with van der Waals surface area (Å²) in [6.45, 7) is 5.46. The van der Waals surface area contributed by atoms with Gasteiger partial charge in [0.25, 0.3) is 0 Å². The maximum Gasteiger partial charge on any atom is 0.416 e. The smallest absolute Gasteiger partial charge is 0.416 e. The number of carbonyl (C=O) groups is 2. The average molecular weight is 550 g/mol. The van der Waals surface area contributed by atoms with Crippen molar-refractivity contribution < 1.29 is 32.3 Å². The average Bonchev–Trinajstić information content (AvgIpc) is 3.11. The summed E-state index contributed by atoms with van der Waals surface area (Å²) < 4.78 is 54.7. The van der Waals surface area contributed by atoms with Crippen molar-refractivity contribution in [3.8, 4) is 0 Å². The summed E-state index contributed by atoms with van der Waals surface area (Å²) in [5.74, 6) is -1.94. The quantitative estimate of drug-likeness (QED) is 0.402. The molecule has 2 saturated heterocycles. The van der Waals surface area contributed by atoms with Crippen molar-refractivity contribution in [1.82, 2.24) is 15.1 Å². The molecule has 2 aliphatic rings. The van der Waals surface area contributed by atoms with Gasteiger partial charge < -0.3 is 15.3 Å². The molecule has 3 atom stereocenters. The Hall–Kier alpha value is -1.91. The number of nitrogens with zero attached hydrogens (tertiary/aromatic N) is 2. The molecule has 2 N–H and O–H groups in total. The standard InChI is InChI=1S/C26H36ClF4N3O3/c1-3-5-18(28)14-33-10-8-19(9-11-33)32-24(37)25(12-23(35)36)16-34(13-17(25)2)15-20-21(26(29,30)31)6-4-7-22(20)27/h4,6-7,17-19H,3,5,8-16H2,1-2H3,(H,32,37)(H,35,36)/t17-,18?,25+/m1/s1. The third-order valence-corrected chi connectivity index (χ3v) is 8.04. The van der Waals surface area contributed by atoms with Gasteiger partial charge in [-0.25, -0.2) is 4.39 Å². The van der Waals surface area contributed by atoms with Crippen molar-refractivity contribution >= 4 is 23.5 Å². The Bertz CT molecular complexity index is 955. The first-order valence-corrected chi connectivity index (χ1v) is 13.2. The van der Waals surface area contributed by atoms with Crippen LogP contribution < -0.4 is 5.32 Å². The van der Waals surface area contributed by atoms with Crippen molar-refractivity contribution in [3.05, 3.63) is 34.3 Å². The number of hydrogen-bond acceptors (Lipinski definition) is 4. The summed E-state index contributed by atoms with van der Waals surface area (Å²) in [6.07, 6.45) is -3.35. The van der Waals surface area contributed by atoms with Crippen molar-refractivity contribution in [1.29, 1.82) is 0 Å². The molecule has 2 fully saturated rings. The van der Waals surface area contributed by atoms with Crippen LogP contribution in [0.2, 0.25) is 5.02 Å². The van der Waals surface area contributed by atoms with Gasteiger partial charge in [0, 0.05) is 50.3 Å². The Morgan fingerprint density at radius 2 is 1.92 bits per heavy atom. The van der Waals surface area contributed by atoms with Crippen LogP contribution in [0.15, 0.2) is 18.2 Å². The first-order chi connectivity index (χ1) is 17.4. The van der Waals surface area contributed by atoms with E-state index in [-0.39, 0.29) is 36.3 Å². The van der Waals surface area contributed by atoms with Gasteiger partial charge >= 0.3 is 12.1 Å². The highest BCUT2D eigenvalue weighted by atomic mass is 35.5. The van der Waals surface area contributed by atoms with Gasteiger partial charge in [-0.2, -0.15) is 13.2 Å². The van der Waals surface area contributed by atoms with E-state index in [1.54, 1.807) is 11.8 Å². The molecular weight excluding hydrogens is 514 g/mol. The minimum atomic E-state index is -4.59. The van der Waals surface area contributed by atoms with E-state index in [1.165, 1.54) is 12.1 Å². The number of carbonyl (C=O) groups excluding carboxylic acids is 1. The van der Waals surface area contributed by atoms with E-state index in [1.807, 2.05) is 11.8 Å². The second-order valence-corrected chi connectivity index (χ2v) is 10.9. The Balaban J connectivity index is 1.70. The third-order valence-electron chi connectivity index (χ3n) is 7.69. The van der Waals surface area contributed by atoms with Crippen LogP contribution in [0.3, 0.4) is 0 Å². The van der Waals surface area contributed by atoms with E-state index in [2.05, 4.69) is 5.32 Å². The predicted octanol–water partition coefficient (Wildman–Crippen LogP) is 4.99. The number of likely N-dealkylation sites (tertiary alicyclic amines) is 2. The predicted molar refractivity (Wildman–Crippen MR) is 133 cm³/mol. The number of benzene rings is 1. The summed E-state index contributed by atoms with van der Waals surface area (Å²) in [5, 5.41) is 12.6. The number of aliphatic carboxylic acids is 1. The number of rotatable bonds is 10. The van der Waals surface area contributed by atoms with E-state index in [0.717, 1.165) is 12.5 Å². The fraction of sp³-hybridized carbons (Fsp3) is 0.692. The Morgan fingerprint density at radius 3 is 2.51 bits per heavy atom. The molecule has 208 valence electrons. The van der Waals surface area contributed by atoms with Crippen LogP contribution in [0.25, 0.3) is 0 Å². The lowest BCUT2D eigenvalue weighted by molar-refractivity contribution is -0.147. The number of piperidine rings is 1. The van der Waals surface area contributed by atoms with E-state index in [0.29, 0.717) is 38.9 Å². The normalized spacial score (nSPS) is 24.8. The van der Waals surface area contributed by atoms with Gasteiger partial charge in [0.15, 0.2) is 0 Å². The molecule has 0 radical (unpaired) electrons. The second kappa shape index (κ2) is 12.3. The van der Waals surface area contributed by atoms with E-state index in [4.69, 9.17) is 11.6 Å². The molecule has 2 aliphatic heterocycles. The number of hydrogen-bond donors (Lipinski definition) is 2. The summed E-state index contributed by atoms with van der Waals surface area (Å²) in [5.41, 5.74) is -2.21. The first-order valence-electron chi connectivity index (χ1n) is 12.8. The number of carboxylic acid groups (broad SMARTS) is 1. The van der Waals surface area contributed by atoms with Crippen molar-refractivity contribution in [2.75, 3.05) is 32.7 Å². The largest absolute Gasteiger partial charge is 0.481 e. The fourth-order valence-electron chi connectivity index (χ4n) is 5.66. The molecule has 1 unspecified atom stereocenters. The minimum Gasteiger partial charge on any atom is -0.481 e. The molecule has 1 aromatic carbocycles. The molecule has 1 aromatic rings. The van der Waals surface area contributed by atoms with Crippen molar-refractivity contribution in [2.45, 2.75) is 70.9 Å². The van der Waals surface area contributed by atoms with E-state index < -0.39 is 47.5 Å². The number of alkyl halides is 4. The molecule has 0 saturated carbocycles. The highest BCUT2D eigenvalue weighted by Crippen LogP contribution is 2.42. The summed E-state index contributed by atoms with van der Waals surface area (Å²) >= 11 is 6.13. The van der Waals surface area contributed by atoms with Gasteiger partial charge in [-0.05, 0) is 42.9 Å². The highest BCUT2D eigenvalue weighted by Gasteiger charge is 2.52. The SMILES string of the molecule is CCCC(F)CN1CCC(NC(=O)[C@@]2(CC(=O)O)CN(Cc3c(Cl)cccc3C(F)(F)F)C[C@H]2C)CC1. The zero-order valence-corrected chi connectivity index (χ0v) is 22.0. The molecular formula is C26H36ClF4N3O3. The lowest BCUT2D eigenvalue weighted by atomic mass is 9.75. The Kier molecular flexibility index (Phi) is 9.85. The zero-order chi connectivity index (χ0) is 27.4. The van der Waals surface area contributed by atoms with Crippen LogP contribution >= 0.6 is 11.6 Å². The first kappa shape index (κ1) is 29.6. The maximum atomic E-state index is 14.0. The van der Waals surface area contributed by atoms with Crippen LogP contribution in [0, 0.1) is 11.3 Å². The molecule has 1 amide bonds. The van der Waals surface area contributed by atoms with Crippen LogP contribution in [-0.2, 0) is 22.3 Å².